The molecule has 1 aromatic rings. The molecule has 3 N–H and O–H groups in total. The second-order valence-electron chi connectivity index (χ2n) is 4.34. The summed E-state index contributed by atoms with van der Waals surface area (Å²) in [7, 11) is 0. The van der Waals surface area contributed by atoms with Crippen LogP contribution in [0.15, 0.2) is 24.3 Å². The molecule has 5 nitrogen and oxygen atoms in total. The largest absolute Gasteiger partial charge is 0.379 e. The quantitative estimate of drug-likeness (QED) is 0.811. The Morgan fingerprint density at radius 1 is 1.28 bits per heavy atom. The molecule has 0 spiro atoms. The van der Waals surface area contributed by atoms with Crippen molar-refractivity contribution in [2.75, 3.05) is 38.2 Å². The van der Waals surface area contributed by atoms with Gasteiger partial charge in [-0.05, 0) is 17.7 Å². The maximum atomic E-state index is 11.8. The lowest BCUT2D eigenvalue weighted by atomic mass is 10.2. The summed E-state index contributed by atoms with van der Waals surface area (Å²) >= 11 is 0. The van der Waals surface area contributed by atoms with Gasteiger partial charge in [-0.2, -0.15) is 0 Å². The minimum atomic E-state index is 0.0115. The summed E-state index contributed by atoms with van der Waals surface area (Å²) < 4.78 is 5.24. The summed E-state index contributed by atoms with van der Waals surface area (Å²) in [5, 5.41) is 2.88. The summed E-state index contributed by atoms with van der Waals surface area (Å²) in [6.45, 7) is 3.99. The van der Waals surface area contributed by atoms with Crippen molar-refractivity contribution in [1.82, 2.24) is 4.90 Å². The number of hydrogen-bond donors (Lipinski definition) is 2. The molecule has 0 radical (unpaired) electrons. The van der Waals surface area contributed by atoms with E-state index in [1.165, 1.54) is 0 Å². The SMILES string of the molecule is NCc1ccc(NC(=O)CN2CCOCC2)cc1. The molecule has 0 atom stereocenters. The summed E-state index contributed by atoms with van der Waals surface area (Å²) in [6.07, 6.45) is 0. The molecule has 2 rings (SSSR count). The monoisotopic (exact) mass is 249 g/mol. The van der Waals surface area contributed by atoms with Gasteiger partial charge < -0.3 is 15.8 Å². The molecule has 1 saturated heterocycles. The Labute approximate surface area is 107 Å². The molecule has 98 valence electrons. The van der Waals surface area contributed by atoms with Crippen LogP contribution in [0, 0.1) is 0 Å². The number of rotatable bonds is 4. The van der Waals surface area contributed by atoms with E-state index >= 15 is 0 Å². The van der Waals surface area contributed by atoms with Crippen molar-refractivity contribution >= 4 is 11.6 Å². The van der Waals surface area contributed by atoms with Crippen LogP contribution in [0.2, 0.25) is 0 Å². The second-order valence-corrected chi connectivity index (χ2v) is 4.34. The highest BCUT2D eigenvalue weighted by Gasteiger charge is 2.13. The number of amides is 1. The van der Waals surface area contributed by atoms with Crippen LogP contribution in [-0.4, -0.2) is 43.7 Å². The zero-order valence-corrected chi connectivity index (χ0v) is 10.4. The first-order valence-electron chi connectivity index (χ1n) is 6.17. The fourth-order valence-corrected chi connectivity index (χ4v) is 1.89. The lowest BCUT2D eigenvalue weighted by Gasteiger charge is -2.25. The molecule has 0 aromatic heterocycles. The predicted octanol–water partition coefficient (Wildman–Crippen LogP) is 0.416. The molecule has 1 fully saturated rings. The van der Waals surface area contributed by atoms with Gasteiger partial charge in [0.2, 0.25) is 5.91 Å². The van der Waals surface area contributed by atoms with Crippen molar-refractivity contribution in [2.24, 2.45) is 5.73 Å². The van der Waals surface area contributed by atoms with E-state index in [0.29, 0.717) is 26.3 Å². The number of benzene rings is 1. The Kier molecular flexibility index (Phi) is 4.69. The van der Waals surface area contributed by atoms with Crippen LogP contribution in [0.1, 0.15) is 5.56 Å². The molecule has 1 aliphatic rings. The van der Waals surface area contributed by atoms with E-state index in [9.17, 15) is 4.79 Å². The Bertz CT molecular complexity index is 386. The molecular formula is C13H19N3O2. The van der Waals surface area contributed by atoms with Gasteiger partial charge in [-0.15, -0.1) is 0 Å². The van der Waals surface area contributed by atoms with E-state index in [1.54, 1.807) is 0 Å². The average Bonchev–Trinajstić information content (AvgIpc) is 2.40. The zero-order valence-electron chi connectivity index (χ0n) is 10.4. The molecule has 1 aliphatic heterocycles. The van der Waals surface area contributed by atoms with Crippen molar-refractivity contribution in [3.05, 3.63) is 29.8 Å². The fraction of sp³-hybridized carbons (Fsp3) is 0.462. The normalized spacial score (nSPS) is 16.5. The third-order valence-electron chi connectivity index (χ3n) is 2.94. The van der Waals surface area contributed by atoms with E-state index in [0.717, 1.165) is 24.3 Å². The van der Waals surface area contributed by atoms with Crippen molar-refractivity contribution in [1.29, 1.82) is 0 Å². The number of nitrogens with zero attached hydrogens (tertiary/aromatic N) is 1. The third kappa shape index (κ3) is 3.80. The molecule has 1 amide bonds. The number of nitrogens with two attached hydrogens (primary N) is 1. The Morgan fingerprint density at radius 3 is 2.56 bits per heavy atom. The van der Waals surface area contributed by atoms with E-state index in [1.807, 2.05) is 24.3 Å². The Morgan fingerprint density at radius 2 is 1.94 bits per heavy atom. The molecule has 5 heteroatoms. The number of ether oxygens (including phenoxy) is 1. The summed E-state index contributed by atoms with van der Waals surface area (Å²) in [5.74, 6) is 0.0115. The summed E-state index contributed by atoms with van der Waals surface area (Å²) in [4.78, 5) is 13.9. The van der Waals surface area contributed by atoms with Gasteiger partial charge in [-0.25, -0.2) is 0 Å². The lowest BCUT2D eigenvalue weighted by Crippen LogP contribution is -2.41. The summed E-state index contributed by atoms with van der Waals surface area (Å²) in [6, 6.07) is 7.59. The third-order valence-corrected chi connectivity index (χ3v) is 2.94. The van der Waals surface area contributed by atoms with Gasteiger partial charge in [0, 0.05) is 25.3 Å². The van der Waals surface area contributed by atoms with E-state index < -0.39 is 0 Å². The topological polar surface area (TPSA) is 67.6 Å². The van der Waals surface area contributed by atoms with Crippen LogP contribution in [0.5, 0.6) is 0 Å². The molecule has 0 aliphatic carbocycles. The minimum absolute atomic E-state index is 0.0115. The highest BCUT2D eigenvalue weighted by molar-refractivity contribution is 5.92. The highest BCUT2D eigenvalue weighted by atomic mass is 16.5. The molecule has 0 bridgehead atoms. The van der Waals surface area contributed by atoms with Crippen LogP contribution >= 0.6 is 0 Å². The first-order chi connectivity index (χ1) is 8.78. The van der Waals surface area contributed by atoms with Crippen molar-refractivity contribution in [2.45, 2.75) is 6.54 Å². The minimum Gasteiger partial charge on any atom is -0.379 e. The van der Waals surface area contributed by atoms with Gasteiger partial charge >= 0.3 is 0 Å². The Balaban J connectivity index is 1.82. The molecule has 1 aromatic carbocycles. The van der Waals surface area contributed by atoms with Gasteiger partial charge in [-0.3, -0.25) is 9.69 Å². The predicted molar refractivity (Wildman–Crippen MR) is 70.2 cm³/mol. The number of carbonyl (C=O) groups excluding carboxylic acids is 1. The van der Waals surface area contributed by atoms with Crippen molar-refractivity contribution in [3.63, 3.8) is 0 Å². The smallest absolute Gasteiger partial charge is 0.238 e. The first kappa shape index (κ1) is 13.0. The summed E-state index contributed by atoms with van der Waals surface area (Å²) in [5.41, 5.74) is 7.39. The maximum Gasteiger partial charge on any atom is 0.238 e. The van der Waals surface area contributed by atoms with E-state index in [-0.39, 0.29) is 5.91 Å². The number of carbonyl (C=O) groups is 1. The van der Waals surface area contributed by atoms with Crippen LogP contribution in [0.4, 0.5) is 5.69 Å². The molecular weight excluding hydrogens is 230 g/mol. The van der Waals surface area contributed by atoms with Crippen LogP contribution in [0.3, 0.4) is 0 Å². The average molecular weight is 249 g/mol. The highest BCUT2D eigenvalue weighted by Crippen LogP contribution is 2.09. The number of nitrogens with one attached hydrogen (secondary N) is 1. The van der Waals surface area contributed by atoms with Crippen molar-refractivity contribution in [3.8, 4) is 0 Å². The molecule has 0 saturated carbocycles. The molecule has 18 heavy (non-hydrogen) atoms. The number of hydrogen-bond acceptors (Lipinski definition) is 4. The number of anilines is 1. The van der Waals surface area contributed by atoms with E-state index in [2.05, 4.69) is 10.2 Å². The fourth-order valence-electron chi connectivity index (χ4n) is 1.89. The van der Waals surface area contributed by atoms with E-state index in [4.69, 9.17) is 10.5 Å². The Hall–Kier alpha value is -1.43. The first-order valence-corrected chi connectivity index (χ1v) is 6.17. The lowest BCUT2D eigenvalue weighted by molar-refractivity contribution is -0.118. The van der Waals surface area contributed by atoms with Crippen LogP contribution < -0.4 is 11.1 Å². The van der Waals surface area contributed by atoms with Gasteiger partial charge in [0.1, 0.15) is 0 Å². The van der Waals surface area contributed by atoms with Crippen LogP contribution in [-0.2, 0) is 16.1 Å². The second kappa shape index (κ2) is 6.49. The van der Waals surface area contributed by atoms with Crippen molar-refractivity contribution < 1.29 is 9.53 Å². The molecule has 1 heterocycles. The number of morpholine rings is 1. The standard InChI is InChI=1S/C13H19N3O2/c14-9-11-1-3-12(4-2-11)15-13(17)10-16-5-7-18-8-6-16/h1-4H,5-10,14H2,(H,15,17). The molecule has 0 unspecified atom stereocenters. The van der Waals surface area contributed by atoms with Crippen LogP contribution in [0.25, 0.3) is 0 Å². The maximum absolute atomic E-state index is 11.8. The van der Waals surface area contributed by atoms with Gasteiger partial charge in [-0.1, -0.05) is 12.1 Å². The zero-order chi connectivity index (χ0) is 12.8. The van der Waals surface area contributed by atoms with Gasteiger partial charge in [0.25, 0.3) is 0 Å². The van der Waals surface area contributed by atoms with Gasteiger partial charge in [0.15, 0.2) is 0 Å². The van der Waals surface area contributed by atoms with Gasteiger partial charge in [0.05, 0.1) is 19.8 Å².